The lowest BCUT2D eigenvalue weighted by Crippen LogP contribution is -2.47. The zero-order valence-corrected chi connectivity index (χ0v) is 18.4. The predicted molar refractivity (Wildman–Crippen MR) is 114 cm³/mol. The van der Waals surface area contributed by atoms with E-state index in [2.05, 4.69) is 5.10 Å². The van der Waals surface area contributed by atoms with Crippen molar-refractivity contribution in [2.45, 2.75) is 62.9 Å². The third-order valence-corrected chi connectivity index (χ3v) is 7.97. The van der Waals surface area contributed by atoms with Gasteiger partial charge in [-0.05, 0) is 62.1 Å². The Bertz CT molecular complexity index is 916. The van der Waals surface area contributed by atoms with Crippen molar-refractivity contribution < 1.29 is 14.2 Å². The van der Waals surface area contributed by atoms with E-state index in [4.69, 9.17) is 37.4 Å². The number of hydrogen-bond donors (Lipinski definition) is 0. The van der Waals surface area contributed by atoms with E-state index in [9.17, 15) is 0 Å². The van der Waals surface area contributed by atoms with Gasteiger partial charge in [-0.25, -0.2) is 4.68 Å². The van der Waals surface area contributed by atoms with Crippen molar-refractivity contribution >= 4 is 23.2 Å². The molecule has 6 rings (SSSR count). The molecular formula is C23H26Cl2N2O3. The van der Waals surface area contributed by atoms with Crippen LogP contribution in [0.1, 0.15) is 55.7 Å². The van der Waals surface area contributed by atoms with Crippen LogP contribution in [0.4, 0.5) is 0 Å². The number of para-hydroxylation sites is 1. The first-order valence-electron chi connectivity index (χ1n) is 11.1. The topological polar surface area (TPSA) is 45.5 Å². The second-order valence-corrected chi connectivity index (χ2v) is 9.91. The summed E-state index contributed by atoms with van der Waals surface area (Å²) in [5.41, 5.74) is 3.08. The lowest BCUT2D eigenvalue weighted by Gasteiger charge is -2.41. The maximum Gasteiger partial charge on any atom is 0.174 e. The van der Waals surface area contributed by atoms with E-state index in [1.165, 1.54) is 31.2 Å². The van der Waals surface area contributed by atoms with Crippen LogP contribution in [0.15, 0.2) is 24.4 Å². The molecular weight excluding hydrogens is 423 g/mol. The van der Waals surface area contributed by atoms with Gasteiger partial charge in [0.15, 0.2) is 5.79 Å². The van der Waals surface area contributed by atoms with E-state index in [0.717, 1.165) is 37.4 Å². The second kappa shape index (κ2) is 7.49. The SMILES string of the molecule is Clc1cccc(Cl)c1-n1ncc(C2CC2)c1CO[C@@H]1C[C@H]2CC[C@@H](C1)C21OCCO1. The van der Waals surface area contributed by atoms with Gasteiger partial charge in [0.2, 0.25) is 0 Å². The first-order chi connectivity index (χ1) is 14.7. The van der Waals surface area contributed by atoms with E-state index in [1.807, 2.05) is 29.1 Å². The Hall–Kier alpha value is -1.11. The highest BCUT2D eigenvalue weighted by Crippen LogP contribution is 2.54. The summed E-state index contributed by atoms with van der Waals surface area (Å²) in [4.78, 5) is 0. The first kappa shape index (κ1) is 19.6. The maximum absolute atomic E-state index is 6.51. The molecule has 3 saturated carbocycles. The quantitative estimate of drug-likeness (QED) is 0.605. The third kappa shape index (κ3) is 3.13. The zero-order valence-electron chi connectivity index (χ0n) is 16.9. The van der Waals surface area contributed by atoms with E-state index in [0.29, 0.717) is 34.4 Å². The van der Waals surface area contributed by atoms with Crippen LogP contribution in [-0.4, -0.2) is 34.9 Å². The second-order valence-electron chi connectivity index (χ2n) is 9.10. The highest BCUT2D eigenvalue weighted by Gasteiger charge is 2.58. The minimum absolute atomic E-state index is 0.220. The van der Waals surface area contributed by atoms with Crippen molar-refractivity contribution in [2.24, 2.45) is 11.8 Å². The van der Waals surface area contributed by atoms with Crippen LogP contribution < -0.4 is 0 Å². The standard InChI is InChI=1S/C23H26Cl2N2O3/c24-19-2-1-3-20(25)22(19)27-21(18(12-26-27)14-4-5-14)13-28-17-10-15-6-7-16(11-17)23(15)29-8-9-30-23/h1-3,12,14-17H,4-11,13H2/t15-,16+,17-. The van der Waals surface area contributed by atoms with Crippen LogP contribution in [0.2, 0.25) is 10.0 Å². The smallest absolute Gasteiger partial charge is 0.174 e. The predicted octanol–water partition coefficient (Wildman–Crippen LogP) is 5.50. The molecule has 3 atom stereocenters. The van der Waals surface area contributed by atoms with Crippen molar-refractivity contribution in [3.8, 4) is 5.69 Å². The molecule has 1 spiro atoms. The zero-order chi connectivity index (χ0) is 20.3. The van der Waals surface area contributed by atoms with Gasteiger partial charge in [0.05, 0.1) is 47.9 Å². The Kier molecular flexibility index (Phi) is 4.88. The number of benzene rings is 1. The third-order valence-electron chi connectivity index (χ3n) is 7.36. The molecule has 7 heteroatoms. The molecule has 2 bridgehead atoms. The van der Waals surface area contributed by atoms with Gasteiger partial charge < -0.3 is 14.2 Å². The Morgan fingerprint density at radius 2 is 1.70 bits per heavy atom. The van der Waals surface area contributed by atoms with Crippen molar-refractivity contribution in [1.82, 2.24) is 9.78 Å². The largest absolute Gasteiger partial charge is 0.372 e. The molecule has 1 aromatic heterocycles. The maximum atomic E-state index is 6.51. The van der Waals surface area contributed by atoms with E-state index in [1.54, 1.807) is 0 Å². The number of hydrogen-bond acceptors (Lipinski definition) is 4. The van der Waals surface area contributed by atoms with E-state index in [-0.39, 0.29) is 11.9 Å². The molecule has 2 heterocycles. The van der Waals surface area contributed by atoms with Crippen LogP contribution in [0.25, 0.3) is 5.69 Å². The lowest BCUT2D eigenvalue weighted by molar-refractivity contribution is -0.238. The normalized spacial score (nSPS) is 29.7. The molecule has 30 heavy (non-hydrogen) atoms. The van der Waals surface area contributed by atoms with Crippen LogP contribution in [0, 0.1) is 11.8 Å². The summed E-state index contributed by atoms with van der Waals surface area (Å²) in [5.74, 6) is 1.13. The van der Waals surface area contributed by atoms with Crippen molar-refractivity contribution in [1.29, 1.82) is 0 Å². The number of halogens is 2. The van der Waals surface area contributed by atoms with Gasteiger partial charge >= 0.3 is 0 Å². The minimum atomic E-state index is -0.327. The fraction of sp³-hybridized carbons (Fsp3) is 0.609. The Morgan fingerprint density at radius 1 is 1.03 bits per heavy atom. The number of ether oxygens (including phenoxy) is 3. The van der Waals surface area contributed by atoms with Gasteiger partial charge in [-0.15, -0.1) is 0 Å². The molecule has 0 radical (unpaired) electrons. The average molecular weight is 449 g/mol. The van der Waals surface area contributed by atoms with Gasteiger partial charge in [0, 0.05) is 11.8 Å². The summed E-state index contributed by atoms with van der Waals surface area (Å²) in [6, 6.07) is 5.56. The van der Waals surface area contributed by atoms with Crippen molar-refractivity contribution in [3.63, 3.8) is 0 Å². The highest BCUT2D eigenvalue weighted by atomic mass is 35.5. The molecule has 1 aromatic carbocycles. The van der Waals surface area contributed by atoms with Gasteiger partial charge in [0.25, 0.3) is 0 Å². The monoisotopic (exact) mass is 448 g/mol. The molecule has 1 aliphatic heterocycles. The molecule has 4 fully saturated rings. The molecule has 3 aliphatic carbocycles. The van der Waals surface area contributed by atoms with Gasteiger partial charge in [-0.1, -0.05) is 29.3 Å². The van der Waals surface area contributed by atoms with Gasteiger partial charge in [-0.2, -0.15) is 5.10 Å². The molecule has 1 saturated heterocycles. The van der Waals surface area contributed by atoms with Crippen LogP contribution >= 0.6 is 23.2 Å². The average Bonchev–Trinajstić information content (AvgIpc) is 3.28. The highest BCUT2D eigenvalue weighted by molar-refractivity contribution is 6.37. The van der Waals surface area contributed by atoms with Crippen LogP contribution in [0.3, 0.4) is 0 Å². The van der Waals surface area contributed by atoms with E-state index < -0.39 is 0 Å². The Balaban J connectivity index is 1.24. The van der Waals surface area contributed by atoms with Crippen LogP contribution in [0.5, 0.6) is 0 Å². The number of nitrogens with zero attached hydrogens (tertiary/aromatic N) is 2. The number of aromatic nitrogens is 2. The molecule has 5 nitrogen and oxygen atoms in total. The summed E-state index contributed by atoms with van der Waals surface area (Å²) >= 11 is 13.0. The Labute approximate surface area is 186 Å². The lowest BCUT2D eigenvalue weighted by atomic mass is 9.81. The van der Waals surface area contributed by atoms with Gasteiger partial charge in [0.1, 0.15) is 5.69 Å². The summed E-state index contributed by atoms with van der Waals surface area (Å²) in [6.45, 7) is 1.97. The molecule has 0 N–H and O–H groups in total. The summed E-state index contributed by atoms with van der Waals surface area (Å²) in [6.07, 6.45) is 8.94. The van der Waals surface area contributed by atoms with Crippen molar-refractivity contribution in [2.75, 3.05) is 13.2 Å². The fourth-order valence-electron chi connectivity index (χ4n) is 5.83. The number of rotatable bonds is 5. The fourth-order valence-corrected chi connectivity index (χ4v) is 6.39. The molecule has 2 aromatic rings. The molecule has 160 valence electrons. The first-order valence-corrected chi connectivity index (χ1v) is 11.8. The van der Waals surface area contributed by atoms with E-state index >= 15 is 0 Å². The summed E-state index contributed by atoms with van der Waals surface area (Å²) in [7, 11) is 0. The van der Waals surface area contributed by atoms with Crippen LogP contribution in [-0.2, 0) is 20.8 Å². The Morgan fingerprint density at radius 3 is 2.33 bits per heavy atom. The summed E-state index contributed by atoms with van der Waals surface area (Å²) in [5, 5.41) is 5.86. The molecule has 4 aliphatic rings. The molecule has 0 unspecified atom stereocenters. The molecule has 0 amide bonds. The van der Waals surface area contributed by atoms with Crippen molar-refractivity contribution in [3.05, 3.63) is 45.7 Å². The minimum Gasteiger partial charge on any atom is -0.372 e. The van der Waals surface area contributed by atoms with Gasteiger partial charge in [-0.3, -0.25) is 0 Å². The summed E-state index contributed by atoms with van der Waals surface area (Å²) < 4.78 is 20.6.